The van der Waals surface area contributed by atoms with E-state index in [0.717, 1.165) is 27.6 Å². The molecule has 0 N–H and O–H groups in total. The van der Waals surface area contributed by atoms with Crippen molar-refractivity contribution < 1.29 is 23.7 Å². The number of anilines is 1. The van der Waals surface area contributed by atoms with Crippen LogP contribution >= 0.6 is 0 Å². The van der Waals surface area contributed by atoms with E-state index in [4.69, 9.17) is 18.9 Å². The predicted octanol–water partition coefficient (Wildman–Crippen LogP) is 5.75. The van der Waals surface area contributed by atoms with Gasteiger partial charge in [0.15, 0.2) is 11.5 Å². The Morgan fingerprint density at radius 3 is 2.00 bits per heavy atom. The smallest absolute Gasteiger partial charge is 0.237 e. The molecule has 0 aromatic heterocycles. The summed E-state index contributed by atoms with van der Waals surface area (Å²) in [5, 5.41) is 2.19. The topological polar surface area (TPSA) is 57.2 Å². The number of benzene rings is 4. The van der Waals surface area contributed by atoms with Gasteiger partial charge in [-0.05, 0) is 34.0 Å². The number of carbonyl (C=O) groups is 1. The monoisotopic (exact) mass is 469 g/mol. The van der Waals surface area contributed by atoms with Crippen LogP contribution in [0.1, 0.15) is 23.1 Å². The number of methoxy groups -OCH3 is 4. The van der Waals surface area contributed by atoms with Gasteiger partial charge >= 0.3 is 0 Å². The van der Waals surface area contributed by atoms with Crippen molar-refractivity contribution in [3.05, 3.63) is 90.0 Å². The fraction of sp³-hybridized carbons (Fsp3) is 0.207. The van der Waals surface area contributed by atoms with E-state index >= 15 is 0 Å². The number of fused-ring (bicyclic) bond motifs is 1. The minimum atomic E-state index is -0.339. The van der Waals surface area contributed by atoms with Crippen LogP contribution in [0.4, 0.5) is 5.69 Å². The molecule has 178 valence electrons. The molecule has 5 rings (SSSR count). The highest BCUT2D eigenvalue weighted by Gasteiger charge is 2.50. The lowest BCUT2D eigenvalue weighted by Gasteiger charge is -2.48. The minimum Gasteiger partial charge on any atom is -0.497 e. The van der Waals surface area contributed by atoms with E-state index in [2.05, 4.69) is 18.2 Å². The zero-order valence-electron chi connectivity index (χ0n) is 20.1. The van der Waals surface area contributed by atoms with Crippen LogP contribution in [0.15, 0.2) is 78.9 Å². The first-order valence-electron chi connectivity index (χ1n) is 11.4. The Morgan fingerprint density at radius 1 is 0.714 bits per heavy atom. The van der Waals surface area contributed by atoms with E-state index in [9.17, 15) is 4.79 Å². The molecule has 0 aliphatic carbocycles. The van der Waals surface area contributed by atoms with E-state index in [0.29, 0.717) is 22.9 Å². The molecule has 4 aromatic carbocycles. The van der Waals surface area contributed by atoms with Crippen LogP contribution in [0, 0.1) is 0 Å². The highest BCUT2D eigenvalue weighted by atomic mass is 16.5. The maximum absolute atomic E-state index is 13.9. The van der Waals surface area contributed by atoms with Gasteiger partial charge in [-0.3, -0.25) is 4.79 Å². The Labute approximate surface area is 204 Å². The van der Waals surface area contributed by atoms with Gasteiger partial charge in [-0.15, -0.1) is 0 Å². The molecule has 0 unspecified atom stereocenters. The third kappa shape index (κ3) is 3.71. The molecule has 0 saturated carbocycles. The highest BCUT2D eigenvalue weighted by molar-refractivity contribution is 6.09. The molecule has 4 aromatic rings. The SMILES string of the molecule is COc1ccc([C@H]2[C@H](c3cccc4ccccc34)C(=O)N2c2cc(OC)c(OC)c(OC)c2)cc1. The number of hydrogen-bond donors (Lipinski definition) is 0. The van der Waals surface area contributed by atoms with E-state index in [1.54, 1.807) is 33.3 Å². The average Bonchev–Trinajstić information content (AvgIpc) is 2.91. The Morgan fingerprint density at radius 2 is 1.37 bits per heavy atom. The number of ether oxygens (including phenoxy) is 4. The molecule has 35 heavy (non-hydrogen) atoms. The molecule has 1 aliphatic rings. The molecule has 6 nitrogen and oxygen atoms in total. The van der Waals surface area contributed by atoms with Crippen molar-refractivity contribution in [2.75, 3.05) is 33.3 Å². The third-order valence-electron chi connectivity index (χ3n) is 6.64. The zero-order valence-corrected chi connectivity index (χ0v) is 20.1. The summed E-state index contributed by atoms with van der Waals surface area (Å²) in [4.78, 5) is 15.7. The Kier molecular flexibility index (Phi) is 5.95. The molecule has 1 amide bonds. The van der Waals surface area contributed by atoms with E-state index in [1.165, 1.54) is 0 Å². The van der Waals surface area contributed by atoms with Crippen molar-refractivity contribution in [3.63, 3.8) is 0 Å². The molecule has 1 heterocycles. The molecular weight excluding hydrogens is 442 g/mol. The van der Waals surface area contributed by atoms with E-state index in [1.807, 2.05) is 60.7 Å². The van der Waals surface area contributed by atoms with Crippen LogP contribution in [-0.2, 0) is 4.79 Å². The lowest BCUT2D eigenvalue weighted by atomic mass is 9.76. The van der Waals surface area contributed by atoms with E-state index < -0.39 is 0 Å². The second-order valence-corrected chi connectivity index (χ2v) is 8.36. The number of carbonyl (C=O) groups excluding carboxylic acids is 1. The first-order valence-corrected chi connectivity index (χ1v) is 11.4. The Hall–Kier alpha value is -4.19. The van der Waals surface area contributed by atoms with Crippen molar-refractivity contribution in [1.29, 1.82) is 0 Å². The van der Waals surface area contributed by atoms with Crippen LogP contribution in [0.5, 0.6) is 23.0 Å². The lowest BCUT2D eigenvalue weighted by Crippen LogP contribution is -2.53. The molecule has 0 radical (unpaired) electrons. The van der Waals surface area contributed by atoms with Crippen LogP contribution in [0.2, 0.25) is 0 Å². The van der Waals surface area contributed by atoms with Gasteiger partial charge in [-0.2, -0.15) is 0 Å². The molecule has 6 heteroatoms. The zero-order chi connectivity index (χ0) is 24.5. The summed E-state index contributed by atoms with van der Waals surface area (Å²) in [6, 6.07) is 25.6. The summed E-state index contributed by atoms with van der Waals surface area (Å²) in [5.41, 5.74) is 2.71. The van der Waals surface area contributed by atoms with Crippen molar-refractivity contribution in [1.82, 2.24) is 0 Å². The van der Waals surface area contributed by atoms with Crippen molar-refractivity contribution in [2.24, 2.45) is 0 Å². The second kappa shape index (κ2) is 9.22. The first kappa shape index (κ1) is 22.6. The highest BCUT2D eigenvalue weighted by Crippen LogP contribution is 2.53. The molecule has 0 spiro atoms. The van der Waals surface area contributed by atoms with E-state index in [-0.39, 0.29) is 17.9 Å². The van der Waals surface area contributed by atoms with Gasteiger partial charge in [-0.1, -0.05) is 54.6 Å². The van der Waals surface area contributed by atoms with Crippen molar-refractivity contribution in [2.45, 2.75) is 12.0 Å². The Balaban J connectivity index is 1.66. The molecule has 0 bridgehead atoms. The largest absolute Gasteiger partial charge is 0.497 e. The average molecular weight is 470 g/mol. The Bertz CT molecular complexity index is 1350. The third-order valence-corrected chi connectivity index (χ3v) is 6.64. The van der Waals surface area contributed by atoms with Gasteiger partial charge in [-0.25, -0.2) is 0 Å². The van der Waals surface area contributed by atoms with Gasteiger partial charge in [0, 0.05) is 12.1 Å². The fourth-order valence-corrected chi connectivity index (χ4v) is 4.95. The van der Waals surface area contributed by atoms with Gasteiger partial charge in [0.2, 0.25) is 11.7 Å². The molecule has 1 fully saturated rings. The number of amides is 1. The van der Waals surface area contributed by atoms with Crippen LogP contribution in [-0.4, -0.2) is 34.3 Å². The second-order valence-electron chi connectivity index (χ2n) is 8.36. The van der Waals surface area contributed by atoms with Gasteiger partial charge in [0.1, 0.15) is 5.75 Å². The summed E-state index contributed by atoms with van der Waals surface area (Å²) >= 11 is 0. The molecule has 1 aliphatic heterocycles. The number of rotatable bonds is 7. The lowest BCUT2D eigenvalue weighted by molar-refractivity contribution is -0.126. The summed E-state index contributed by atoms with van der Waals surface area (Å²) in [7, 11) is 6.34. The standard InChI is InChI=1S/C29H27NO5/c1-32-21-14-12-19(13-15-21)27-26(23-11-7-9-18-8-5-6-10-22(18)23)29(31)30(27)20-16-24(33-2)28(35-4)25(17-20)34-3/h5-17,26-27H,1-4H3/t26-,27-/m0/s1. The molecule has 1 saturated heterocycles. The normalized spacial score (nSPS) is 17.1. The summed E-state index contributed by atoms with van der Waals surface area (Å²) in [6.07, 6.45) is 0. The quantitative estimate of drug-likeness (QED) is 0.323. The number of β-lactam (4-membered cyclic amide) rings is 1. The number of nitrogens with zero attached hydrogens (tertiary/aromatic N) is 1. The maximum Gasteiger partial charge on any atom is 0.237 e. The van der Waals surface area contributed by atoms with Gasteiger partial charge in [0.25, 0.3) is 0 Å². The fourth-order valence-electron chi connectivity index (χ4n) is 4.95. The predicted molar refractivity (Wildman–Crippen MR) is 136 cm³/mol. The summed E-state index contributed by atoms with van der Waals surface area (Å²) in [5.74, 6) is 1.91. The van der Waals surface area contributed by atoms with Crippen LogP contribution < -0.4 is 23.8 Å². The first-order chi connectivity index (χ1) is 17.1. The molecular formula is C29H27NO5. The van der Waals surface area contributed by atoms with Crippen LogP contribution in [0.3, 0.4) is 0 Å². The van der Waals surface area contributed by atoms with Crippen LogP contribution in [0.25, 0.3) is 10.8 Å². The van der Waals surface area contributed by atoms with Crippen molar-refractivity contribution in [3.8, 4) is 23.0 Å². The summed E-state index contributed by atoms with van der Waals surface area (Å²) < 4.78 is 21.9. The maximum atomic E-state index is 13.9. The summed E-state index contributed by atoms with van der Waals surface area (Å²) in [6.45, 7) is 0. The molecule has 2 atom stereocenters. The number of hydrogen-bond acceptors (Lipinski definition) is 5. The minimum absolute atomic E-state index is 0.0106. The van der Waals surface area contributed by atoms with Gasteiger partial charge in [0.05, 0.1) is 46.1 Å². The van der Waals surface area contributed by atoms with Crippen molar-refractivity contribution >= 4 is 22.4 Å². The van der Waals surface area contributed by atoms with Gasteiger partial charge < -0.3 is 23.8 Å².